The summed E-state index contributed by atoms with van der Waals surface area (Å²) in [4.78, 5) is 0. The van der Waals surface area contributed by atoms with Crippen molar-refractivity contribution in [3.63, 3.8) is 0 Å². The van der Waals surface area contributed by atoms with Crippen LogP contribution < -0.4 is 0 Å². The topological polar surface area (TPSA) is 36.9 Å². The van der Waals surface area contributed by atoms with E-state index in [-0.39, 0.29) is 22.1 Å². The summed E-state index contributed by atoms with van der Waals surface area (Å²) in [6.07, 6.45) is -4.45. The lowest BCUT2D eigenvalue weighted by atomic mass is 10.1. The second-order valence-electron chi connectivity index (χ2n) is 3.47. The maximum atomic E-state index is 12.6. The second kappa shape index (κ2) is 4.39. The van der Waals surface area contributed by atoms with Gasteiger partial charge in [-0.1, -0.05) is 11.6 Å². The number of hydrogen-bond donors (Lipinski definition) is 0. The Hall–Kier alpha value is -1.93. The van der Waals surface area contributed by atoms with Crippen LogP contribution in [0.5, 0.6) is 0 Å². The fourth-order valence-corrected chi connectivity index (χ4v) is 1.64. The van der Waals surface area contributed by atoms with Crippen molar-refractivity contribution in [3.8, 4) is 17.4 Å². The SMILES string of the molecule is N#Cc1ccc(-c2cc(C(F)(F)F)ccc2Cl)o1. The number of alkyl halides is 3. The largest absolute Gasteiger partial charge is 0.446 e. The summed E-state index contributed by atoms with van der Waals surface area (Å²) in [5.41, 5.74) is -0.718. The first-order chi connectivity index (χ1) is 8.41. The van der Waals surface area contributed by atoms with Gasteiger partial charge < -0.3 is 4.42 Å². The van der Waals surface area contributed by atoms with Gasteiger partial charge in [0.25, 0.3) is 0 Å². The van der Waals surface area contributed by atoms with Crippen LogP contribution in [-0.2, 0) is 6.18 Å². The Bertz CT molecular complexity index is 625. The van der Waals surface area contributed by atoms with Crippen molar-refractivity contribution in [3.05, 3.63) is 46.7 Å². The van der Waals surface area contributed by atoms with Crippen molar-refractivity contribution in [2.75, 3.05) is 0 Å². The van der Waals surface area contributed by atoms with Crippen molar-refractivity contribution >= 4 is 11.6 Å². The van der Waals surface area contributed by atoms with Crippen LogP contribution in [0.4, 0.5) is 13.2 Å². The van der Waals surface area contributed by atoms with Gasteiger partial charge in [-0.2, -0.15) is 18.4 Å². The van der Waals surface area contributed by atoms with Gasteiger partial charge in [0.2, 0.25) is 5.76 Å². The molecule has 1 heterocycles. The molecule has 92 valence electrons. The van der Waals surface area contributed by atoms with E-state index >= 15 is 0 Å². The summed E-state index contributed by atoms with van der Waals surface area (Å²) in [6, 6.07) is 7.45. The molecule has 0 aliphatic heterocycles. The number of nitriles is 1. The van der Waals surface area contributed by atoms with E-state index in [1.165, 1.54) is 12.1 Å². The fourth-order valence-electron chi connectivity index (χ4n) is 1.43. The third kappa shape index (κ3) is 2.34. The predicted octanol–water partition coefficient (Wildman–Crippen LogP) is 4.49. The minimum absolute atomic E-state index is 0.0125. The molecule has 1 aromatic heterocycles. The van der Waals surface area contributed by atoms with E-state index < -0.39 is 11.7 Å². The summed E-state index contributed by atoms with van der Waals surface area (Å²) < 4.78 is 42.7. The van der Waals surface area contributed by atoms with Gasteiger partial charge in [0, 0.05) is 5.56 Å². The zero-order valence-corrected chi connectivity index (χ0v) is 9.51. The van der Waals surface area contributed by atoms with Crippen LogP contribution in [0.2, 0.25) is 5.02 Å². The molecule has 18 heavy (non-hydrogen) atoms. The molecule has 0 fully saturated rings. The first-order valence-electron chi connectivity index (χ1n) is 4.79. The number of hydrogen-bond acceptors (Lipinski definition) is 2. The summed E-state index contributed by atoms with van der Waals surface area (Å²) in [6.45, 7) is 0. The highest BCUT2D eigenvalue weighted by molar-refractivity contribution is 6.33. The number of furan rings is 1. The highest BCUT2D eigenvalue weighted by Crippen LogP contribution is 2.36. The van der Waals surface area contributed by atoms with Gasteiger partial charge in [0.05, 0.1) is 10.6 Å². The maximum absolute atomic E-state index is 12.6. The number of halogens is 4. The highest BCUT2D eigenvalue weighted by atomic mass is 35.5. The highest BCUT2D eigenvalue weighted by Gasteiger charge is 2.31. The first kappa shape index (κ1) is 12.5. The molecule has 0 bridgehead atoms. The molecule has 0 aliphatic rings. The van der Waals surface area contributed by atoms with E-state index in [2.05, 4.69) is 0 Å². The quantitative estimate of drug-likeness (QED) is 0.766. The van der Waals surface area contributed by atoms with Crippen LogP contribution >= 0.6 is 11.6 Å². The number of rotatable bonds is 1. The second-order valence-corrected chi connectivity index (χ2v) is 3.88. The van der Waals surface area contributed by atoms with Gasteiger partial charge in [0.1, 0.15) is 11.8 Å². The summed E-state index contributed by atoms with van der Waals surface area (Å²) in [5, 5.41) is 8.72. The Morgan fingerprint density at radius 3 is 2.44 bits per heavy atom. The number of benzene rings is 1. The zero-order valence-electron chi connectivity index (χ0n) is 8.75. The lowest BCUT2D eigenvalue weighted by Crippen LogP contribution is -2.04. The molecule has 2 rings (SSSR count). The summed E-state index contributed by atoms with van der Waals surface area (Å²) in [7, 11) is 0. The Labute approximate surface area is 105 Å². The molecule has 0 saturated carbocycles. The standard InChI is InChI=1S/C12H5ClF3NO/c13-10-3-1-7(12(14,15)16)5-9(10)11-4-2-8(6-17)18-11/h1-5H. The molecule has 0 aliphatic carbocycles. The first-order valence-corrected chi connectivity index (χ1v) is 5.16. The van der Waals surface area contributed by atoms with E-state index in [1.54, 1.807) is 6.07 Å². The summed E-state index contributed by atoms with van der Waals surface area (Å²) in [5.74, 6) is 0.140. The van der Waals surface area contributed by atoms with Crippen molar-refractivity contribution in [1.29, 1.82) is 5.26 Å². The Morgan fingerprint density at radius 2 is 1.89 bits per heavy atom. The number of nitrogens with zero attached hydrogens (tertiary/aromatic N) is 1. The minimum Gasteiger partial charge on any atom is -0.446 e. The van der Waals surface area contributed by atoms with E-state index in [0.717, 1.165) is 18.2 Å². The Morgan fingerprint density at radius 1 is 1.17 bits per heavy atom. The average molecular weight is 272 g/mol. The van der Waals surface area contributed by atoms with E-state index in [1.807, 2.05) is 0 Å². The van der Waals surface area contributed by atoms with Crippen LogP contribution in [0.15, 0.2) is 34.7 Å². The molecule has 0 unspecified atom stereocenters. The molecule has 2 aromatic rings. The maximum Gasteiger partial charge on any atom is 0.416 e. The van der Waals surface area contributed by atoms with Crippen molar-refractivity contribution in [2.45, 2.75) is 6.18 Å². The Balaban J connectivity index is 2.54. The molecular weight excluding hydrogens is 267 g/mol. The van der Waals surface area contributed by atoms with E-state index in [9.17, 15) is 13.2 Å². The zero-order chi connectivity index (χ0) is 13.3. The van der Waals surface area contributed by atoms with Crippen molar-refractivity contribution in [2.24, 2.45) is 0 Å². The van der Waals surface area contributed by atoms with Gasteiger partial charge in [-0.25, -0.2) is 0 Å². The fraction of sp³-hybridized carbons (Fsp3) is 0.0833. The summed E-state index contributed by atoms with van der Waals surface area (Å²) >= 11 is 5.82. The van der Waals surface area contributed by atoms with E-state index in [0.29, 0.717) is 0 Å². The van der Waals surface area contributed by atoms with Crippen molar-refractivity contribution in [1.82, 2.24) is 0 Å². The lowest BCUT2D eigenvalue weighted by molar-refractivity contribution is -0.137. The molecule has 0 spiro atoms. The van der Waals surface area contributed by atoms with Gasteiger partial charge in [0.15, 0.2) is 0 Å². The molecular formula is C12H5ClF3NO. The monoisotopic (exact) mass is 271 g/mol. The third-order valence-corrected chi connectivity index (χ3v) is 2.60. The van der Waals surface area contributed by atoms with Crippen LogP contribution in [0.1, 0.15) is 11.3 Å². The average Bonchev–Trinajstić information content (AvgIpc) is 2.76. The molecule has 0 amide bonds. The Kier molecular flexibility index (Phi) is 3.05. The van der Waals surface area contributed by atoms with Crippen LogP contribution in [0, 0.1) is 11.3 Å². The molecule has 0 atom stereocenters. The molecule has 6 heteroatoms. The molecule has 2 nitrogen and oxygen atoms in total. The van der Waals surface area contributed by atoms with Crippen LogP contribution in [0.3, 0.4) is 0 Å². The van der Waals surface area contributed by atoms with Gasteiger partial charge in [-0.05, 0) is 30.3 Å². The van der Waals surface area contributed by atoms with Crippen LogP contribution in [-0.4, -0.2) is 0 Å². The van der Waals surface area contributed by atoms with Gasteiger partial charge >= 0.3 is 6.18 Å². The molecule has 0 radical (unpaired) electrons. The smallest absolute Gasteiger partial charge is 0.416 e. The molecule has 0 N–H and O–H groups in total. The molecule has 1 aromatic carbocycles. The third-order valence-electron chi connectivity index (χ3n) is 2.28. The lowest BCUT2D eigenvalue weighted by Gasteiger charge is -2.08. The van der Waals surface area contributed by atoms with E-state index in [4.69, 9.17) is 21.3 Å². The van der Waals surface area contributed by atoms with Gasteiger partial charge in [-0.15, -0.1) is 0 Å². The van der Waals surface area contributed by atoms with Crippen molar-refractivity contribution < 1.29 is 17.6 Å². The van der Waals surface area contributed by atoms with Crippen LogP contribution in [0.25, 0.3) is 11.3 Å². The van der Waals surface area contributed by atoms with Gasteiger partial charge in [-0.3, -0.25) is 0 Å². The molecule has 0 saturated heterocycles. The normalized spacial score (nSPS) is 11.3. The predicted molar refractivity (Wildman–Crippen MR) is 58.9 cm³/mol. The minimum atomic E-state index is -4.45.